The lowest BCUT2D eigenvalue weighted by atomic mass is 10.0. The second kappa shape index (κ2) is 9.30. The summed E-state index contributed by atoms with van der Waals surface area (Å²) in [6.45, 7) is 2.24. The molecule has 178 valence electrons. The first kappa shape index (κ1) is 23.5. The Morgan fingerprint density at radius 2 is 2.15 bits per heavy atom. The molecular weight excluding hydrogens is 444 g/mol. The SMILES string of the molecule is CC(C)(O)[C@H](F)CNC(=O)c1cnc(-c2cnn3cc(C#N)cnc23)cc1N[C@@H]1CCC[C@@H]1F. The minimum Gasteiger partial charge on any atom is -0.387 e. The molecule has 34 heavy (non-hydrogen) atoms. The zero-order valence-corrected chi connectivity index (χ0v) is 18.8. The average Bonchev–Trinajstić information content (AvgIpc) is 3.41. The van der Waals surface area contributed by atoms with E-state index in [1.165, 1.54) is 37.0 Å². The minimum absolute atomic E-state index is 0.127. The number of aliphatic hydroxyl groups is 1. The van der Waals surface area contributed by atoms with Gasteiger partial charge in [-0.15, -0.1) is 0 Å². The van der Waals surface area contributed by atoms with Gasteiger partial charge >= 0.3 is 0 Å². The van der Waals surface area contributed by atoms with Gasteiger partial charge in [0, 0.05) is 12.4 Å². The van der Waals surface area contributed by atoms with Gasteiger partial charge in [-0.25, -0.2) is 18.3 Å². The molecule has 11 heteroatoms. The third kappa shape index (κ3) is 4.82. The average molecular weight is 469 g/mol. The van der Waals surface area contributed by atoms with Crippen LogP contribution in [0.25, 0.3) is 16.9 Å². The Morgan fingerprint density at radius 1 is 1.35 bits per heavy atom. The molecular formula is C23H25F2N7O2. The maximum Gasteiger partial charge on any atom is 0.255 e. The van der Waals surface area contributed by atoms with Crippen molar-refractivity contribution < 1.29 is 18.7 Å². The predicted molar refractivity (Wildman–Crippen MR) is 121 cm³/mol. The highest BCUT2D eigenvalue weighted by Gasteiger charge is 2.30. The Balaban J connectivity index is 1.67. The smallest absolute Gasteiger partial charge is 0.255 e. The molecule has 0 radical (unpaired) electrons. The van der Waals surface area contributed by atoms with Crippen molar-refractivity contribution in [2.75, 3.05) is 11.9 Å². The zero-order chi connectivity index (χ0) is 24.5. The summed E-state index contributed by atoms with van der Waals surface area (Å²) in [5, 5.41) is 28.6. The number of carbonyl (C=O) groups is 1. The van der Waals surface area contributed by atoms with Crippen LogP contribution >= 0.6 is 0 Å². The molecule has 1 aliphatic carbocycles. The third-order valence-electron chi connectivity index (χ3n) is 5.89. The standard InChI is InChI=1S/C23H25F2N7O2/c1-23(2,34)20(25)11-29-22(33)15-9-27-18(6-19(15)31-17-5-3-4-16(17)24)14-10-30-32-12-13(7-26)8-28-21(14)32/h6,8-10,12,16-17,20,34H,3-5,11H2,1-2H3,(H,27,31)(H,29,33)/t16-,17+,20+/m0/s1. The number of hydrogen-bond donors (Lipinski definition) is 3. The summed E-state index contributed by atoms with van der Waals surface area (Å²) in [6.07, 6.45) is 4.88. The van der Waals surface area contributed by atoms with Gasteiger partial charge < -0.3 is 15.7 Å². The Hall–Kier alpha value is -3.65. The fourth-order valence-corrected chi connectivity index (χ4v) is 3.82. The Morgan fingerprint density at radius 3 is 2.82 bits per heavy atom. The van der Waals surface area contributed by atoms with Crippen LogP contribution in [-0.2, 0) is 0 Å². The fraction of sp³-hybridized carbons (Fsp3) is 0.435. The summed E-state index contributed by atoms with van der Waals surface area (Å²) in [4.78, 5) is 21.5. The number of amides is 1. The number of aromatic nitrogens is 4. The summed E-state index contributed by atoms with van der Waals surface area (Å²) in [6, 6.07) is 3.14. The van der Waals surface area contributed by atoms with Crippen molar-refractivity contribution in [3.05, 3.63) is 42.0 Å². The van der Waals surface area contributed by atoms with Crippen LogP contribution < -0.4 is 10.6 Å². The van der Waals surface area contributed by atoms with Gasteiger partial charge in [0.25, 0.3) is 5.91 Å². The topological polar surface area (TPSA) is 128 Å². The van der Waals surface area contributed by atoms with Gasteiger partial charge in [-0.05, 0) is 39.2 Å². The van der Waals surface area contributed by atoms with Gasteiger partial charge in [-0.3, -0.25) is 9.78 Å². The zero-order valence-electron chi connectivity index (χ0n) is 18.8. The quantitative estimate of drug-likeness (QED) is 0.485. The van der Waals surface area contributed by atoms with Crippen LogP contribution in [0.15, 0.2) is 30.9 Å². The van der Waals surface area contributed by atoms with Crippen LogP contribution in [-0.4, -0.2) is 61.1 Å². The predicted octanol–water partition coefficient (Wildman–Crippen LogP) is 2.80. The van der Waals surface area contributed by atoms with Gasteiger partial charge in [0.2, 0.25) is 0 Å². The number of nitrogens with zero attached hydrogens (tertiary/aromatic N) is 5. The van der Waals surface area contributed by atoms with Crippen LogP contribution in [0.1, 0.15) is 49.0 Å². The van der Waals surface area contributed by atoms with Gasteiger partial charge in [0.15, 0.2) is 5.65 Å². The van der Waals surface area contributed by atoms with Crippen LogP contribution in [0.2, 0.25) is 0 Å². The molecule has 9 nitrogen and oxygen atoms in total. The Bertz CT molecular complexity index is 1250. The van der Waals surface area contributed by atoms with Crippen LogP contribution in [0.4, 0.5) is 14.5 Å². The highest BCUT2D eigenvalue weighted by Crippen LogP contribution is 2.30. The highest BCUT2D eigenvalue weighted by atomic mass is 19.1. The number of alkyl halides is 2. The molecule has 3 heterocycles. The molecule has 1 aliphatic rings. The second-order valence-corrected chi connectivity index (χ2v) is 8.92. The number of nitrogens with one attached hydrogen (secondary N) is 2. The van der Waals surface area contributed by atoms with E-state index in [2.05, 4.69) is 25.7 Å². The number of pyridine rings is 1. The summed E-state index contributed by atoms with van der Waals surface area (Å²) in [7, 11) is 0. The molecule has 3 atom stereocenters. The number of rotatable bonds is 7. The van der Waals surface area contributed by atoms with Crippen molar-refractivity contribution in [1.29, 1.82) is 5.26 Å². The lowest BCUT2D eigenvalue weighted by Crippen LogP contribution is -2.42. The molecule has 4 rings (SSSR count). The van der Waals surface area contributed by atoms with E-state index in [9.17, 15) is 18.7 Å². The van der Waals surface area contributed by atoms with Gasteiger partial charge in [0.05, 0.1) is 58.7 Å². The van der Waals surface area contributed by atoms with E-state index in [1.807, 2.05) is 6.07 Å². The van der Waals surface area contributed by atoms with Gasteiger partial charge in [-0.2, -0.15) is 10.4 Å². The molecule has 0 spiro atoms. The molecule has 0 saturated heterocycles. The fourth-order valence-electron chi connectivity index (χ4n) is 3.82. The monoisotopic (exact) mass is 469 g/mol. The van der Waals surface area contributed by atoms with E-state index in [4.69, 9.17) is 5.26 Å². The molecule has 1 amide bonds. The molecule has 0 aromatic carbocycles. The lowest BCUT2D eigenvalue weighted by molar-refractivity contribution is -0.00177. The summed E-state index contributed by atoms with van der Waals surface area (Å²) >= 11 is 0. The van der Waals surface area contributed by atoms with E-state index in [1.54, 1.807) is 12.3 Å². The van der Waals surface area contributed by atoms with Crippen LogP contribution in [0.3, 0.4) is 0 Å². The van der Waals surface area contributed by atoms with E-state index in [-0.39, 0.29) is 5.56 Å². The highest BCUT2D eigenvalue weighted by molar-refractivity contribution is 6.00. The minimum atomic E-state index is -1.67. The Kier molecular flexibility index (Phi) is 6.43. The van der Waals surface area contributed by atoms with Crippen molar-refractivity contribution in [3.63, 3.8) is 0 Å². The number of carbonyl (C=O) groups excluding carboxylic acids is 1. The van der Waals surface area contributed by atoms with Crippen molar-refractivity contribution in [3.8, 4) is 17.3 Å². The molecule has 0 aliphatic heterocycles. The van der Waals surface area contributed by atoms with Crippen LogP contribution in [0.5, 0.6) is 0 Å². The van der Waals surface area contributed by atoms with Crippen molar-refractivity contribution >= 4 is 17.2 Å². The van der Waals surface area contributed by atoms with Crippen molar-refractivity contribution in [2.24, 2.45) is 0 Å². The van der Waals surface area contributed by atoms with E-state index in [0.29, 0.717) is 41.0 Å². The lowest BCUT2D eigenvalue weighted by Gasteiger charge is -2.23. The molecule has 1 fully saturated rings. The number of halogens is 2. The first-order valence-corrected chi connectivity index (χ1v) is 11.0. The number of hydrogen-bond acceptors (Lipinski definition) is 7. The number of anilines is 1. The van der Waals surface area contributed by atoms with E-state index < -0.39 is 36.4 Å². The van der Waals surface area contributed by atoms with Crippen molar-refractivity contribution in [1.82, 2.24) is 24.9 Å². The normalized spacial score (nSPS) is 19.1. The largest absolute Gasteiger partial charge is 0.387 e. The van der Waals surface area contributed by atoms with E-state index in [0.717, 1.165) is 6.42 Å². The maximum absolute atomic E-state index is 14.3. The number of fused-ring (bicyclic) bond motifs is 1. The molecule has 1 saturated carbocycles. The Labute approximate surface area is 194 Å². The molecule has 0 bridgehead atoms. The third-order valence-corrected chi connectivity index (χ3v) is 5.89. The molecule has 0 unspecified atom stereocenters. The summed E-state index contributed by atoms with van der Waals surface area (Å²) in [5.41, 5.74) is 0.684. The first-order valence-electron chi connectivity index (χ1n) is 11.0. The molecule has 3 aromatic rings. The number of nitriles is 1. The summed E-state index contributed by atoms with van der Waals surface area (Å²) in [5.74, 6) is -0.599. The second-order valence-electron chi connectivity index (χ2n) is 8.92. The van der Waals surface area contributed by atoms with Crippen LogP contribution in [0, 0.1) is 11.3 Å². The van der Waals surface area contributed by atoms with Crippen molar-refractivity contribution in [2.45, 2.75) is 57.1 Å². The maximum atomic E-state index is 14.3. The molecule has 3 N–H and O–H groups in total. The summed E-state index contributed by atoms with van der Waals surface area (Å²) < 4.78 is 29.9. The molecule has 3 aromatic heterocycles. The van der Waals surface area contributed by atoms with E-state index >= 15 is 0 Å². The first-order chi connectivity index (χ1) is 16.2. The van der Waals surface area contributed by atoms with Gasteiger partial charge in [-0.1, -0.05) is 0 Å². The van der Waals surface area contributed by atoms with Gasteiger partial charge in [0.1, 0.15) is 18.4 Å².